The van der Waals surface area contributed by atoms with Gasteiger partial charge in [-0.2, -0.15) is 0 Å². The van der Waals surface area contributed by atoms with Crippen molar-refractivity contribution < 1.29 is 9.53 Å². The second-order valence-corrected chi connectivity index (χ2v) is 7.18. The van der Waals surface area contributed by atoms with E-state index in [1.807, 2.05) is 18.2 Å². The molecule has 2 bridgehead atoms. The largest absolute Gasteiger partial charge is 0.462 e. The Morgan fingerprint density at radius 1 is 1.04 bits per heavy atom. The van der Waals surface area contributed by atoms with Gasteiger partial charge in [0, 0.05) is 12.1 Å². The molecule has 3 atom stereocenters. The zero-order valence-corrected chi connectivity index (χ0v) is 13.5. The van der Waals surface area contributed by atoms with Crippen LogP contribution < -0.4 is 5.32 Å². The van der Waals surface area contributed by atoms with E-state index in [2.05, 4.69) is 23.5 Å². The molecule has 23 heavy (non-hydrogen) atoms. The van der Waals surface area contributed by atoms with Gasteiger partial charge >= 0.3 is 5.97 Å². The van der Waals surface area contributed by atoms with Crippen LogP contribution in [0.25, 0.3) is 5.57 Å². The molecule has 122 valence electrons. The number of carbonyl (C=O) groups excluding carboxylic acids is 1. The molecule has 3 nitrogen and oxygen atoms in total. The summed E-state index contributed by atoms with van der Waals surface area (Å²) in [6.45, 7) is 0. The van der Waals surface area contributed by atoms with E-state index in [0.717, 1.165) is 32.1 Å². The van der Waals surface area contributed by atoms with Crippen molar-refractivity contribution in [1.82, 2.24) is 5.32 Å². The number of nitrogens with one attached hydrogen (secondary N) is 1. The molecule has 4 rings (SSSR count). The Morgan fingerprint density at radius 3 is 2.52 bits per heavy atom. The van der Waals surface area contributed by atoms with Gasteiger partial charge in [0.15, 0.2) is 0 Å². The summed E-state index contributed by atoms with van der Waals surface area (Å²) in [7, 11) is 0. The summed E-state index contributed by atoms with van der Waals surface area (Å²) >= 11 is 0. The molecular formula is C20H25NO2. The summed E-state index contributed by atoms with van der Waals surface area (Å²) in [6, 6.07) is 11.4. The van der Waals surface area contributed by atoms with Crippen LogP contribution in [0.4, 0.5) is 0 Å². The smallest absolute Gasteiger partial charge is 0.313 e. The third-order valence-electron chi connectivity index (χ3n) is 5.54. The fourth-order valence-electron chi connectivity index (χ4n) is 4.42. The molecule has 2 fully saturated rings. The molecule has 1 aliphatic carbocycles. The van der Waals surface area contributed by atoms with E-state index in [0.29, 0.717) is 12.1 Å². The van der Waals surface area contributed by atoms with Crippen molar-refractivity contribution in [3.63, 3.8) is 0 Å². The Balaban J connectivity index is 1.46. The summed E-state index contributed by atoms with van der Waals surface area (Å²) < 4.78 is 5.94. The second-order valence-electron chi connectivity index (χ2n) is 7.18. The van der Waals surface area contributed by atoms with Gasteiger partial charge in [0.1, 0.15) is 6.10 Å². The maximum absolute atomic E-state index is 12.8. The van der Waals surface area contributed by atoms with Crippen molar-refractivity contribution in [3.05, 3.63) is 42.0 Å². The van der Waals surface area contributed by atoms with Crippen molar-refractivity contribution in [1.29, 1.82) is 0 Å². The van der Waals surface area contributed by atoms with Gasteiger partial charge in [-0.1, -0.05) is 36.4 Å². The number of rotatable bonds is 3. The molecular weight excluding hydrogens is 286 g/mol. The number of piperidine rings is 1. The van der Waals surface area contributed by atoms with E-state index in [-0.39, 0.29) is 18.0 Å². The maximum Gasteiger partial charge on any atom is 0.313 e. The summed E-state index contributed by atoms with van der Waals surface area (Å²) in [5.74, 6) is -0.0928. The summed E-state index contributed by atoms with van der Waals surface area (Å²) in [5, 5.41) is 3.61. The minimum atomic E-state index is -0.0845. The molecule has 0 saturated carbocycles. The standard InChI is InChI=1S/C20H25NO2/c22-20(23-17-12-15-10-11-16(13-17)21-15)19-9-5-4-8-18(19)14-6-2-1-3-7-14/h1-3,6-8,15-17,19,21H,4-5,9-13H2. The number of carbonyl (C=O) groups is 1. The van der Waals surface area contributed by atoms with Crippen LogP contribution in [-0.4, -0.2) is 24.2 Å². The van der Waals surface area contributed by atoms with E-state index in [4.69, 9.17) is 4.74 Å². The van der Waals surface area contributed by atoms with E-state index in [1.54, 1.807) is 0 Å². The van der Waals surface area contributed by atoms with E-state index in [9.17, 15) is 4.79 Å². The highest BCUT2D eigenvalue weighted by Crippen LogP contribution is 2.35. The molecule has 2 saturated heterocycles. The highest BCUT2D eigenvalue weighted by atomic mass is 16.5. The first-order valence-electron chi connectivity index (χ1n) is 9.01. The fourth-order valence-corrected chi connectivity index (χ4v) is 4.42. The lowest BCUT2D eigenvalue weighted by atomic mass is 9.83. The van der Waals surface area contributed by atoms with Crippen LogP contribution >= 0.6 is 0 Å². The first-order chi connectivity index (χ1) is 11.3. The number of hydrogen-bond acceptors (Lipinski definition) is 3. The Kier molecular flexibility index (Phi) is 4.21. The third kappa shape index (κ3) is 3.20. The lowest BCUT2D eigenvalue weighted by Gasteiger charge is -2.31. The van der Waals surface area contributed by atoms with Gasteiger partial charge in [-0.25, -0.2) is 0 Å². The van der Waals surface area contributed by atoms with Crippen LogP contribution in [0, 0.1) is 5.92 Å². The number of allylic oxidation sites excluding steroid dienone is 1. The molecule has 1 N–H and O–H groups in total. The van der Waals surface area contributed by atoms with Gasteiger partial charge in [0.05, 0.1) is 5.92 Å². The minimum absolute atomic E-state index is 0.00824. The molecule has 0 radical (unpaired) electrons. The Bertz CT molecular complexity index is 583. The average Bonchev–Trinajstić information content (AvgIpc) is 2.94. The Hall–Kier alpha value is -1.61. The highest BCUT2D eigenvalue weighted by Gasteiger charge is 2.37. The van der Waals surface area contributed by atoms with Crippen molar-refractivity contribution in [3.8, 4) is 0 Å². The molecule has 3 unspecified atom stereocenters. The van der Waals surface area contributed by atoms with Crippen molar-refractivity contribution >= 4 is 11.5 Å². The van der Waals surface area contributed by atoms with Gasteiger partial charge in [-0.05, 0) is 56.1 Å². The van der Waals surface area contributed by atoms with Crippen LogP contribution in [0.3, 0.4) is 0 Å². The first-order valence-corrected chi connectivity index (χ1v) is 9.01. The fraction of sp³-hybridized carbons (Fsp3) is 0.550. The predicted octanol–water partition coefficient (Wildman–Crippen LogP) is 3.70. The van der Waals surface area contributed by atoms with Crippen LogP contribution in [-0.2, 0) is 9.53 Å². The van der Waals surface area contributed by atoms with Crippen LogP contribution in [0.1, 0.15) is 50.5 Å². The average molecular weight is 311 g/mol. The molecule has 2 heterocycles. The van der Waals surface area contributed by atoms with Crippen LogP contribution in [0.5, 0.6) is 0 Å². The molecule has 2 aliphatic heterocycles. The van der Waals surface area contributed by atoms with Gasteiger partial charge in [-0.3, -0.25) is 4.79 Å². The number of ether oxygens (including phenoxy) is 1. The zero-order valence-electron chi connectivity index (χ0n) is 13.5. The monoisotopic (exact) mass is 311 g/mol. The van der Waals surface area contributed by atoms with Crippen molar-refractivity contribution in [2.45, 2.75) is 63.1 Å². The summed E-state index contributed by atoms with van der Waals surface area (Å²) in [5.41, 5.74) is 2.33. The Morgan fingerprint density at radius 2 is 1.78 bits per heavy atom. The van der Waals surface area contributed by atoms with E-state index >= 15 is 0 Å². The summed E-state index contributed by atoms with van der Waals surface area (Å²) in [6.07, 6.45) is 9.83. The number of benzene rings is 1. The molecule has 3 heteroatoms. The highest BCUT2D eigenvalue weighted by molar-refractivity contribution is 5.89. The first kappa shape index (κ1) is 14.9. The van der Waals surface area contributed by atoms with E-state index in [1.165, 1.54) is 24.0 Å². The van der Waals surface area contributed by atoms with Crippen LogP contribution in [0.2, 0.25) is 0 Å². The normalized spacial score (nSPS) is 33.1. The molecule has 0 aromatic heterocycles. The minimum Gasteiger partial charge on any atom is -0.462 e. The predicted molar refractivity (Wildman–Crippen MR) is 90.8 cm³/mol. The van der Waals surface area contributed by atoms with Gasteiger partial charge < -0.3 is 10.1 Å². The molecule has 0 spiro atoms. The molecule has 0 amide bonds. The van der Waals surface area contributed by atoms with Gasteiger partial charge in [0.25, 0.3) is 0 Å². The topological polar surface area (TPSA) is 38.3 Å². The third-order valence-corrected chi connectivity index (χ3v) is 5.54. The second kappa shape index (κ2) is 6.48. The maximum atomic E-state index is 12.8. The van der Waals surface area contributed by atoms with Gasteiger partial charge in [-0.15, -0.1) is 0 Å². The number of hydrogen-bond donors (Lipinski definition) is 1. The molecule has 3 aliphatic rings. The van der Waals surface area contributed by atoms with Crippen LogP contribution in [0.15, 0.2) is 36.4 Å². The molecule has 1 aromatic rings. The SMILES string of the molecule is O=C(OC1CC2CCC(C1)N2)C1CCCC=C1c1ccccc1. The molecule has 1 aromatic carbocycles. The zero-order chi connectivity index (χ0) is 15.6. The van der Waals surface area contributed by atoms with E-state index < -0.39 is 0 Å². The van der Waals surface area contributed by atoms with Crippen molar-refractivity contribution in [2.24, 2.45) is 5.92 Å². The summed E-state index contributed by atoms with van der Waals surface area (Å²) in [4.78, 5) is 12.8. The lowest BCUT2D eigenvalue weighted by Crippen LogP contribution is -2.42. The lowest BCUT2D eigenvalue weighted by molar-refractivity contribution is -0.154. The quantitative estimate of drug-likeness (QED) is 0.865. The number of esters is 1. The van der Waals surface area contributed by atoms with Gasteiger partial charge in [0.2, 0.25) is 0 Å². The van der Waals surface area contributed by atoms with Crippen molar-refractivity contribution in [2.75, 3.05) is 0 Å². The number of fused-ring (bicyclic) bond motifs is 2. The Labute approximate surface area is 138 Å².